The van der Waals surface area contributed by atoms with Gasteiger partial charge in [0.15, 0.2) is 5.82 Å². The van der Waals surface area contributed by atoms with Gasteiger partial charge in [0.25, 0.3) is 17.4 Å². The van der Waals surface area contributed by atoms with Gasteiger partial charge >= 0.3 is 6.18 Å². The van der Waals surface area contributed by atoms with E-state index in [-0.39, 0.29) is 61.5 Å². The highest BCUT2D eigenvalue weighted by molar-refractivity contribution is 5.94. The lowest BCUT2D eigenvalue weighted by atomic mass is 10.0. The van der Waals surface area contributed by atoms with E-state index < -0.39 is 70.4 Å². The highest BCUT2D eigenvalue weighted by Crippen LogP contribution is 2.39. The van der Waals surface area contributed by atoms with Crippen molar-refractivity contribution in [1.29, 1.82) is 0 Å². The van der Waals surface area contributed by atoms with Gasteiger partial charge in [0.2, 0.25) is 5.95 Å². The lowest BCUT2D eigenvalue weighted by molar-refractivity contribution is -0.138. The summed E-state index contributed by atoms with van der Waals surface area (Å²) in [5, 5.41) is 0. The van der Waals surface area contributed by atoms with Crippen molar-refractivity contribution in [1.82, 2.24) is 19.4 Å². The zero-order valence-corrected chi connectivity index (χ0v) is 24.5. The van der Waals surface area contributed by atoms with Crippen molar-refractivity contribution in [3.8, 4) is 16.8 Å². The number of piperidine rings is 1. The second-order valence-corrected chi connectivity index (χ2v) is 11.5. The topological polar surface area (TPSA) is 101 Å². The zero-order valence-electron chi connectivity index (χ0n) is 24.5. The van der Waals surface area contributed by atoms with Crippen LogP contribution in [0.1, 0.15) is 42.6 Å². The van der Waals surface area contributed by atoms with Gasteiger partial charge in [-0.05, 0) is 20.9 Å². The van der Waals surface area contributed by atoms with Crippen LogP contribution in [0.15, 0.2) is 35.5 Å². The van der Waals surface area contributed by atoms with E-state index in [0.717, 1.165) is 18.5 Å². The molecule has 4 heterocycles. The molecular formula is C29H30F7N7O2. The predicted octanol–water partition coefficient (Wildman–Crippen LogP) is 4.45. The number of benzene rings is 1. The molecule has 0 saturated carbocycles. The van der Waals surface area contributed by atoms with Crippen molar-refractivity contribution in [3.63, 3.8) is 0 Å². The number of carbonyl (C=O) groups excluding carboxylic acids is 1. The number of rotatable bonds is 5. The largest absolute Gasteiger partial charge is 0.417 e. The molecule has 2 N–H and O–H groups in total. The number of pyridine rings is 1. The Bertz CT molecular complexity index is 1660. The number of piperazine rings is 1. The van der Waals surface area contributed by atoms with Crippen molar-refractivity contribution in [3.05, 3.63) is 63.8 Å². The number of amides is 1. The van der Waals surface area contributed by atoms with E-state index in [0.29, 0.717) is 10.8 Å². The number of nitrogens with zero attached hydrogens (tertiary/aromatic N) is 6. The molecular weight excluding hydrogens is 611 g/mol. The van der Waals surface area contributed by atoms with Crippen molar-refractivity contribution in [2.45, 2.75) is 50.9 Å². The summed E-state index contributed by atoms with van der Waals surface area (Å²) in [6.07, 6.45) is -3.26. The SMILES string of the molecule is C[C@@H]1CN(c2cc(F)c(-c3cnc(N4CCC(F)(F)CC4)nc3)c(F)c2-n2cc(C(N)=O)c(C(F)(F)F)cc2=O)C[C@H](C)N1C. The lowest BCUT2D eigenvalue weighted by Gasteiger charge is -2.44. The molecule has 1 aromatic carbocycles. The van der Waals surface area contributed by atoms with Gasteiger partial charge in [0.05, 0.1) is 22.4 Å². The smallest absolute Gasteiger partial charge is 0.367 e. The molecule has 2 aliphatic heterocycles. The highest BCUT2D eigenvalue weighted by atomic mass is 19.4. The lowest BCUT2D eigenvalue weighted by Crippen LogP contribution is -2.55. The van der Waals surface area contributed by atoms with E-state index in [1.165, 1.54) is 4.90 Å². The number of aromatic nitrogens is 3. The van der Waals surface area contributed by atoms with E-state index in [2.05, 4.69) is 9.97 Å². The van der Waals surface area contributed by atoms with Crippen LogP contribution in [0, 0.1) is 11.6 Å². The van der Waals surface area contributed by atoms with Gasteiger partial charge in [-0.1, -0.05) is 0 Å². The van der Waals surface area contributed by atoms with Crippen LogP contribution in [0.3, 0.4) is 0 Å². The van der Waals surface area contributed by atoms with Crippen molar-refractivity contribution in [2.75, 3.05) is 43.0 Å². The Morgan fingerprint density at radius 3 is 2.11 bits per heavy atom. The van der Waals surface area contributed by atoms with Gasteiger partial charge in [-0.3, -0.25) is 19.1 Å². The Morgan fingerprint density at radius 1 is 1.00 bits per heavy atom. The molecule has 0 spiro atoms. The van der Waals surface area contributed by atoms with Gasteiger partial charge in [-0.2, -0.15) is 13.2 Å². The summed E-state index contributed by atoms with van der Waals surface area (Å²) in [7, 11) is 1.87. The molecule has 45 heavy (non-hydrogen) atoms. The molecule has 242 valence electrons. The van der Waals surface area contributed by atoms with Crippen LogP contribution in [0.5, 0.6) is 0 Å². The molecule has 2 saturated heterocycles. The maximum Gasteiger partial charge on any atom is 0.417 e. The molecule has 16 heteroatoms. The van der Waals surface area contributed by atoms with Gasteiger partial charge < -0.3 is 15.5 Å². The molecule has 2 atom stereocenters. The molecule has 9 nitrogen and oxygen atoms in total. The number of hydrogen-bond acceptors (Lipinski definition) is 7. The maximum atomic E-state index is 16.7. The van der Waals surface area contributed by atoms with Gasteiger partial charge in [-0.25, -0.2) is 27.5 Å². The first kappa shape index (κ1) is 32.2. The summed E-state index contributed by atoms with van der Waals surface area (Å²) in [5.41, 5.74) is -0.392. The first-order valence-corrected chi connectivity index (χ1v) is 14.1. The normalized spacial score (nSPS) is 20.8. The van der Waals surface area contributed by atoms with Crippen molar-refractivity contribution in [2.24, 2.45) is 5.73 Å². The Hall–Kier alpha value is -4.21. The van der Waals surface area contributed by atoms with Crippen LogP contribution in [-0.4, -0.2) is 76.6 Å². The first-order valence-electron chi connectivity index (χ1n) is 14.1. The number of nitrogens with two attached hydrogens (primary N) is 1. The van der Waals surface area contributed by atoms with Crippen LogP contribution in [-0.2, 0) is 6.18 Å². The molecule has 0 unspecified atom stereocenters. The standard InChI is InChI=1S/C29H30F7N7O2/c1-15-12-42(13-16(2)40(15)3)21-9-20(30)23(17-10-38-27(39-11-17)41-6-4-28(32,33)5-7-41)24(31)25(21)43-14-18(26(37)45)19(8-22(43)44)29(34,35)36/h8-11,14-16H,4-7,12-13H2,1-3H3,(H2,37,45)/t15-,16+. The van der Waals surface area contributed by atoms with E-state index >= 15 is 8.78 Å². The third-order valence-corrected chi connectivity index (χ3v) is 8.44. The first-order chi connectivity index (χ1) is 21.0. The summed E-state index contributed by atoms with van der Waals surface area (Å²) < 4.78 is 101. The Kier molecular flexibility index (Phi) is 8.31. The molecule has 3 aromatic rings. The highest BCUT2D eigenvalue weighted by Gasteiger charge is 2.38. The average Bonchev–Trinajstić information content (AvgIpc) is 2.95. The molecule has 5 rings (SSSR count). The zero-order chi connectivity index (χ0) is 33.0. The fourth-order valence-electron chi connectivity index (χ4n) is 5.72. The van der Waals surface area contributed by atoms with Crippen LogP contribution in [0.2, 0.25) is 0 Å². The fourth-order valence-corrected chi connectivity index (χ4v) is 5.72. The molecule has 1 amide bonds. The minimum Gasteiger partial charge on any atom is -0.367 e. The number of alkyl halides is 5. The van der Waals surface area contributed by atoms with Gasteiger partial charge in [0, 0.05) is 87.4 Å². The van der Waals surface area contributed by atoms with Crippen LogP contribution in [0.25, 0.3) is 16.8 Å². The van der Waals surface area contributed by atoms with Crippen molar-refractivity contribution < 1.29 is 35.5 Å². The number of likely N-dealkylation sites (N-methyl/N-ethyl adjacent to an activating group) is 1. The summed E-state index contributed by atoms with van der Waals surface area (Å²) in [6, 6.07) is 0.872. The van der Waals surface area contributed by atoms with Gasteiger partial charge in [-0.15, -0.1) is 0 Å². The average molecular weight is 642 g/mol. The number of primary amides is 1. The van der Waals surface area contributed by atoms with E-state index in [1.54, 1.807) is 4.90 Å². The maximum absolute atomic E-state index is 16.7. The molecule has 0 bridgehead atoms. The monoisotopic (exact) mass is 641 g/mol. The summed E-state index contributed by atoms with van der Waals surface area (Å²) >= 11 is 0. The molecule has 0 aliphatic carbocycles. The Morgan fingerprint density at radius 2 is 1.58 bits per heavy atom. The predicted molar refractivity (Wildman–Crippen MR) is 152 cm³/mol. The Labute approximate surface area is 253 Å². The van der Waals surface area contributed by atoms with Gasteiger partial charge in [0.1, 0.15) is 11.5 Å². The minimum absolute atomic E-state index is 0.0329. The summed E-state index contributed by atoms with van der Waals surface area (Å²) in [5.74, 6) is -6.66. The number of halogens is 7. The van der Waals surface area contributed by atoms with E-state index in [1.807, 2.05) is 25.8 Å². The summed E-state index contributed by atoms with van der Waals surface area (Å²) in [4.78, 5) is 38.6. The third-order valence-electron chi connectivity index (χ3n) is 8.44. The minimum atomic E-state index is -5.12. The Balaban J connectivity index is 1.68. The summed E-state index contributed by atoms with van der Waals surface area (Å²) in [6.45, 7) is 4.18. The number of carbonyl (C=O) groups is 1. The van der Waals surface area contributed by atoms with Crippen LogP contribution >= 0.6 is 0 Å². The van der Waals surface area contributed by atoms with Crippen LogP contribution in [0.4, 0.5) is 42.4 Å². The second-order valence-electron chi connectivity index (χ2n) is 11.5. The van der Waals surface area contributed by atoms with E-state index in [9.17, 15) is 31.5 Å². The number of anilines is 2. The second kappa shape index (κ2) is 11.6. The van der Waals surface area contributed by atoms with Crippen LogP contribution < -0.4 is 21.1 Å². The fraction of sp³-hybridized carbons (Fsp3) is 0.448. The van der Waals surface area contributed by atoms with Crippen molar-refractivity contribution >= 4 is 17.5 Å². The van der Waals surface area contributed by atoms with E-state index in [4.69, 9.17) is 5.73 Å². The molecule has 2 fully saturated rings. The molecule has 2 aromatic heterocycles. The third kappa shape index (κ3) is 6.19. The molecule has 2 aliphatic rings. The quantitative estimate of drug-likeness (QED) is 0.411. The number of hydrogen-bond donors (Lipinski definition) is 1. The molecule has 0 radical (unpaired) electrons.